The molecule has 3 aliphatic rings. The molecule has 4 rings (SSSR count). The highest BCUT2D eigenvalue weighted by atomic mass is 79.9. The zero-order valence-electron chi connectivity index (χ0n) is 12.3. The average Bonchev–Trinajstić information content (AvgIpc) is 2.90. The predicted molar refractivity (Wildman–Crippen MR) is 89.8 cm³/mol. The molecule has 1 aliphatic heterocycles. The molecular weight excluding hydrogens is 326 g/mol. The molecule has 4 heteroatoms. The largest absolute Gasteiger partial charge is 0.382 e. The van der Waals surface area contributed by atoms with Gasteiger partial charge in [-0.15, -0.1) is 0 Å². The molecule has 0 bridgehead atoms. The van der Waals surface area contributed by atoms with Crippen molar-refractivity contribution >= 4 is 27.5 Å². The summed E-state index contributed by atoms with van der Waals surface area (Å²) >= 11 is 3.61. The fourth-order valence-electron chi connectivity index (χ4n) is 4.49. The van der Waals surface area contributed by atoms with Crippen LogP contribution in [0.2, 0.25) is 0 Å². The standard InChI is InChI=1S/C17H20BrN3/c1-11-15(19)21-17(20-11)14-9-13(18)6-5-12(14)10-16(17)7-3-2-4-8-16/h5-6,9H,2-4,7-8,10H2,1H3,(H2,19,21)/t17-/m0/s1. The van der Waals surface area contributed by atoms with E-state index in [0.717, 1.165) is 16.6 Å². The predicted octanol–water partition coefficient (Wildman–Crippen LogP) is 3.94. The fourth-order valence-corrected chi connectivity index (χ4v) is 4.85. The Hall–Kier alpha value is -1.16. The normalized spacial score (nSPS) is 29.6. The molecule has 0 radical (unpaired) electrons. The molecule has 0 amide bonds. The van der Waals surface area contributed by atoms with Crippen molar-refractivity contribution in [3.8, 4) is 0 Å². The summed E-state index contributed by atoms with van der Waals surface area (Å²) < 4.78 is 1.10. The Morgan fingerprint density at radius 3 is 2.57 bits per heavy atom. The SMILES string of the molecule is CC1=N[C@]2(N=C1N)c1cc(Br)ccc1CC21CCCCC1. The second-order valence-corrected chi connectivity index (χ2v) is 7.60. The van der Waals surface area contributed by atoms with E-state index in [9.17, 15) is 0 Å². The van der Waals surface area contributed by atoms with Crippen molar-refractivity contribution in [2.45, 2.75) is 51.1 Å². The lowest BCUT2D eigenvalue weighted by molar-refractivity contribution is 0.0932. The maximum atomic E-state index is 6.13. The highest BCUT2D eigenvalue weighted by Gasteiger charge is 2.59. The van der Waals surface area contributed by atoms with E-state index in [0.29, 0.717) is 5.84 Å². The van der Waals surface area contributed by atoms with E-state index in [1.807, 2.05) is 6.92 Å². The maximum Gasteiger partial charge on any atom is 0.184 e. The highest BCUT2D eigenvalue weighted by Crippen LogP contribution is 2.61. The summed E-state index contributed by atoms with van der Waals surface area (Å²) in [4.78, 5) is 9.96. The van der Waals surface area contributed by atoms with Gasteiger partial charge in [-0.3, -0.25) is 4.99 Å². The molecule has 0 saturated heterocycles. The lowest BCUT2D eigenvalue weighted by atomic mass is 9.66. The number of halogens is 1. The van der Waals surface area contributed by atoms with E-state index in [-0.39, 0.29) is 5.41 Å². The van der Waals surface area contributed by atoms with Crippen LogP contribution in [0.15, 0.2) is 32.7 Å². The van der Waals surface area contributed by atoms with E-state index in [1.54, 1.807) is 0 Å². The van der Waals surface area contributed by atoms with Gasteiger partial charge in [0.25, 0.3) is 0 Å². The van der Waals surface area contributed by atoms with Crippen LogP contribution in [-0.2, 0) is 12.1 Å². The summed E-state index contributed by atoms with van der Waals surface area (Å²) in [5.41, 5.74) is 9.36. The van der Waals surface area contributed by atoms with Gasteiger partial charge in [0.2, 0.25) is 0 Å². The van der Waals surface area contributed by atoms with Crippen molar-refractivity contribution < 1.29 is 0 Å². The quantitative estimate of drug-likeness (QED) is 0.760. The van der Waals surface area contributed by atoms with Gasteiger partial charge < -0.3 is 5.73 Å². The van der Waals surface area contributed by atoms with Crippen LogP contribution in [-0.4, -0.2) is 11.5 Å². The van der Waals surface area contributed by atoms with Crippen molar-refractivity contribution in [3.63, 3.8) is 0 Å². The summed E-state index contributed by atoms with van der Waals surface area (Å²) in [5.74, 6) is 0.618. The summed E-state index contributed by atoms with van der Waals surface area (Å²) in [6, 6.07) is 6.57. The first-order valence-corrected chi connectivity index (χ1v) is 8.57. The Kier molecular flexibility index (Phi) is 2.84. The number of amidine groups is 1. The molecule has 0 unspecified atom stereocenters. The van der Waals surface area contributed by atoms with Gasteiger partial charge in [-0.05, 0) is 43.9 Å². The van der Waals surface area contributed by atoms with Crippen LogP contribution in [0.5, 0.6) is 0 Å². The molecule has 21 heavy (non-hydrogen) atoms. The monoisotopic (exact) mass is 345 g/mol. The van der Waals surface area contributed by atoms with Crippen molar-refractivity contribution in [1.29, 1.82) is 0 Å². The van der Waals surface area contributed by atoms with E-state index in [4.69, 9.17) is 15.7 Å². The third-order valence-corrected chi connectivity index (χ3v) is 6.00. The van der Waals surface area contributed by atoms with Crippen molar-refractivity contribution in [2.24, 2.45) is 21.1 Å². The first kappa shape index (κ1) is 13.5. The maximum absolute atomic E-state index is 6.13. The first-order valence-electron chi connectivity index (χ1n) is 7.77. The number of aliphatic imine (C=N–C) groups is 2. The van der Waals surface area contributed by atoms with E-state index in [2.05, 4.69) is 34.1 Å². The van der Waals surface area contributed by atoms with E-state index in [1.165, 1.54) is 43.2 Å². The number of nitrogens with zero attached hydrogens (tertiary/aromatic N) is 2. The molecule has 1 aromatic rings. The number of nitrogens with two attached hydrogens (primary N) is 1. The molecule has 1 heterocycles. The van der Waals surface area contributed by atoms with Gasteiger partial charge >= 0.3 is 0 Å². The number of fused-ring (bicyclic) bond motifs is 3. The van der Waals surface area contributed by atoms with Crippen LogP contribution in [0, 0.1) is 5.41 Å². The minimum Gasteiger partial charge on any atom is -0.382 e. The average molecular weight is 346 g/mol. The van der Waals surface area contributed by atoms with Gasteiger partial charge in [-0.1, -0.05) is 41.3 Å². The topological polar surface area (TPSA) is 50.7 Å². The van der Waals surface area contributed by atoms with Crippen LogP contribution in [0.25, 0.3) is 0 Å². The molecule has 3 nitrogen and oxygen atoms in total. The summed E-state index contributed by atoms with van der Waals surface area (Å²) in [7, 11) is 0. The van der Waals surface area contributed by atoms with Crippen molar-refractivity contribution in [1.82, 2.24) is 0 Å². The van der Waals surface area contributed by atoms with Gasteiger partial charge in [-0.2, -0.15) is 0 Å². The van der Waals surface area contributed by atoms with Crippen LogP contribution < -0.4 is 5.73 Å². The van der Waals surface area contributed by atoms with E-state index >= 15 is 0 Å². The van der Waals surface area contributed by atoms with Gasteiger partial charge in [0.1, 0.15) is 5.84 Å². The Morgan fingerprint density at radius 2 is 1.90 bits per heavy atom. The Bertz CT molecular complexity index is 651. The molecule has 1 atom stereocenters. The molecule has 1 aromatic carbocycles. The Balaban J connectivity index is 1.97. The lowest BCUT2D eigenvalue weighted by Crippen LogP contribution is -2.41. The smallest absolute Gasteiger partial charge is 0.184 e. The summed E-state index contributed by atoms with van der Waals surface area (Å²) in [6.07, 6.45) is 7.38. The summed E-state index contributed by atoms with van der Waals surface area (Å²) in [6.45, 7) is 1.99. The molecule has 110 valence electrons. The van der Waals surface area contributed by atoms with Gasteiger partial charge in [0.15, 0.2) is 5.66 Å². The second kappa shape index (κ2) is 4.42. The third kappa shape index (κ3) is 1.71. The highest BCUT2D eigenvalue weighted by molar-refractivity contribution is 9.10. The summed E-state index contributed by atoms with van der Waals surface area (Å²) in [5, 5.41) is 0. The molecule has 2 N–H and O–H groups in total. The minimum absolute atomic E-state index is 0.136. The Labute approximate surface area is 133 Å². The second-order valence-electron chi connectivity index (χ2n) is 6.69. The molecule has 2 spiro atoms. The molecule has 1 saturated carbocycles. The van der Waals surface area contributed by atoms with Crippen molar-refractivity contribution in [2.75, 3.05) is 0 Å². The van der Waals surface area contributed by atoms with Crippen molar-refractivity contribution in [3.05, 3.63) is 33.8 Å². The van der Waals surface area contributed by atoms with Gasteiger partial charge in [-0.25, -0.2) is 4.99 Å². The van der Waals surface area contributed by atoms with Crippen LogP contribution in [0.3, 0.4) is 0 Å². The van der Waals surface area contributed by atoms with Crippen LogP contribution >= 0.6 is 15.9 Å². The van der Waals surface area contributed by atoms with Crippen LogP contribution in [0.1, 0.15) is 50.2 Å². The lowest BCUT2D eigenvalue weighted by Gasteiger charge is -2.42. The number of hydrogen-bond acceptors (Lipinski definition) is 3. The number of hydrogen-bond donors (Lipinski definition) is 1. The zero-order valence-corrected chi connectivity index (χ0v) is 13.9. The zero-order chi connectivity index (χ0) is 14.7. The molecule has 0 aromatic heterocycles. The van der Waals surface area contributed by atoms with E-state index < -0.39 is 5.66 Å². The van der Waals surface area contributed by atoms with Gasteiger partial charge in [0.05, 0.1) is 5.71 Å². The third-order valence-electron chi connectivity index (χ3n) is 5.51. The fraction of sp³-hybridized carbons (Fsp3) is 0.529. The molecular formula is C17H20BrN3. The number of benzene rings is 1. The Morgan fingerprint density at radius 1 is 1.14 bits per heavy atom. The van der Waals surface area contributed by atoms with Gasteiger partial charge in [0, 0.05) is 15.5 Å². The number of rotatable bonds is 0. The van der Waals surface area contributed by atoms with Crippen LogP contribution in [0.4, 0.5) is 0 Å². The minimum atomic E-state index is -0.458. The molecule has 1 fully saturated rings. The molecule has 2 aliphatic carbocycles. The first-order chi connectivity index (χ1) is 10.1.